The zero-order valence-corrected chi connectivity index (χ0v) is 11.8. The minimum Gasteiger partial charge on any atom is -0.496 e. The van der Waals surface area contributed by atoms with Crippen LogP contribution < -0.4 is 9.47 Å². The molecule has 1 aromatic heterocycles. The van der Waals surface area contributed by atoms with E-state index in [0.29, 0.717) is 22.6 Å². The molecule has 0 saturated carbocycles. The van der Waals surface area contributed by atoms with Gasteiger partial charge in [-0.1, -0.05) is 30.3 Å². The molecular weight excluding hydrogens is 268 g/mol. The number of benzene rings is 2. The summed E-state index contributed by atoms with van der Waals surface area (Å²) >= 11 is 0. The Balaban J connectivity index is 2.38. The van der Waals surface area contributed by atoms with Gasteiger partial charge in [-0.2, -0.15) is 0 Å². The van der Waals surface area contributed by atoms with E-state index in [2.05, 4.69) is 0 Å². The Morgan fingerprint density at radius 2 is 1.76 bits per heavy atom. The molecule has 0 radical (unpaired) electrons. The summed E-state index contributed by atoms with van der Waals surface area (Å²) in [4.78, 5) is 11.4. The van der Waals surface area contributed by atoms with Gasteiger partial charge in [0.05, 0.1) is 31.4 Å². The standard InChI is InChI=1S/C17H14O4/c1-19-14-8-15(20-2)16-13(11-6-4-3-5-7-11)10-21-17(16)12(14)9-18/h3-10H,1-2H3. The summed E-state index contributed by atoms with van der Waals surface area (Å²) in [6.07, 6.45) is 2.37. The third kappa shape index (κ3) is 2.05. The maximum Gasteiger partial charge on any atom is 0.157 e. The summed E-state index contributed by atoms with van der Waals surface area (Å²) in [6.45, 7) is 0. The summed E-state index contributed by atoms with van der Waals surface area (Å²) in [7, 11) is 3.09. The molecule has 0 amide bonds. The predicted molar refractivity (Wildman–Crippen MR) is 80.1 cm³/mol. The van der Waals surface area contributed by atoms with Crippen LogP contribution in [0.4, 0.5) is 0 Å². The number of carbonyl (C=O) groups excluding carboxylic acids is 1. The van der Waals surface area contributed by atoms with Gasteiger partial charge in [0.15, 0.2) is 11.9 Å². The molecule has 3 rings (SSSR count). The quantitative estimate of drug-likeness (QED) is 0.680. The van der Waals surface area contributed by atoms with Crippen LogP contribution in [0.1, 0.15) is 10.4 Å². The van der Waals surface area contributed by atoms with Gasteiger partial charge in [-0.05, 0) is 5.56 Å². The summed E-state index contributed by atoms with van der Waals surface area (Å²) in [6, 6.07) is 11.5. The fourth-order valence-electron chi connectivity index (χ4n) is 2.45. The monoisotopic (exact) mass is 282 g/mol. The molecule has 0 aliphatic rings. The minimum atomic E-state index is 0.385. The van der Waals surface area contributed by atoms with E-state index in [1.807, 2.05) is 30.3 Å². The molecule has 0 aliphatic carbocycles. The first-order chi connectivity index (χ1) is 10.3. The average Bonchev–Trinajstić information content (AvgIpc) is 2.99. The van der Waals surface area contributed by atoms with Gasteiger partial charge in [0.2, 0.25) is 0 Å². The Kier molecular flexibility index (Phi) is 3.36. The number of methoxy groups -OCH3 is 2. The van der Waals surface area contributed by atoms with Gasteiger partial charge in [0.1, 0.15) is 11.5 Å². The minimum absolute atomic E-state index is 0.385. The Hall–Kier alpha value is -2.75. The zero-order valence-electron chi connectivity index (χ0n) is 11.8. The van der Waals surface area contributed by atoms with Gasteiger partial charge in [0, 0.05) is 11.6 Å². The first-order valence-electron chi connectivity index (χ1n) is 6.47. The summed E-state index contributed by atoms with van der Waals surface area (Å²) in [5.74, 6) is 1.04. The van der Waals surface area contributed by atoms with Crippen LogP contribution >= 0.6 is 0 Å². The smallest absolute Gasteiger partial charge is 0.157 e. The highest BCUT2D eigenvalue weighted by Crippen LogP contribution is 2.41. The first kappa shape index (κ1) is 13.2. The number of hydrogen-bond acceptors (Lipinski definition) is 4. The van der Waals surface area contributed by atoms with Crippen LogP contribution in [0.3, 0.4) is 0 Å². The second kappa shape index (κ2) is 5.32. The van der Waals surface area contributed by atoms with Crippen LogP contribution in [-0.2, 0) is 0 Å². The fourth-order valence-corrected chi connectivity index (χ4v) is 2.45. The highest BCUT2D eigenvalue weighted by molar-refractivity contribution is 6.07. The number of fused-ring (bicyclic) bond motifs is 1. The van der Waals surface area contributed by atoms with Gasteiger partial charge in [-0.3, -0.25) is 4.79 Å². The Bertz CT molecular complexity index is 787. The van der Waals surface area contributed by atoms with Crippen molar-refractivity contribution < 1.29 is 18.7 Å². The van der Waals surface area contributed by atoms with E-state index in [-0.39, 0.29) is 0 Å². The number of carbonyl (C=O) groups is 1. The molecule has 0 spiro atoms. The van der Waals surface area contributed by atoms with Crippen LogP contribution in [-0.4, -0.2) is 20.5 Å². The van der Waals surface area contributed by atoms with E-state index in [4.69, 9.17) is 13.9 Å². The maximum absolute atomic E-state index is 11.4. The lowest BCUT2D eigenvalue weighted by molar-refractivity contribution is 0.112. The summed E-state index contributed by atoms with van der Waals surface area (Å²) in [5.41, 5.74) is 2.74. The number of aldehydes is 1. The molecule has 0 bridgehead atoms. The van der Waals surface area contributed by atoms with E-state index in [9.17, 15) is 4.79 Å². The lowest BCUT2D eigenvalue weighted by atomic mass is 10.0. The van der Waals surface area contributed by atoms with Crippen LogP contribution in [0.2, 0.25) is 0 Å². The molecule has 0 atom stereocenters. The van der Waals surface area contributed by atoms with Crippen LogP contribution in [0.5, 0.6) is 11.5 Å². The molecule has 0 N–H and O–H groups in total. The third-order valence-corrected chi connectivity index (χ3v) is 3.45. The largest absolute Gasteiger partial charge is 0.496 e. The second-order valence-electron chi connectivity index (χ2n) is 4.53. The Morgan fingerprint density at radius 3 is 2.38 bits per heavy atom. The zero-order chi connectivity index (χ0) is 14.8. The molecule has 1 heterocycles. The van der Waals surface area contributed by atoms with Gasteiger partial charge in [-0.15, -0.1) is 0 Å². The molecule has 0 aliphatic heterocycles. The van der Waals surface area contributed by atoms with Crippen molar-refractivity contribution in [1.82, 2.24) is 0 Å². The molecule has 4 heteroatoms. The van der Waals surface area contributed by atoms with Gasteiger partial charge in [0.25, 0.3) is 0 Å². The molecule has 21 heavy (non-hydrogen) atoms. The van der Waals surface area contributed by atoms with Gasteiger partial charge < -0.3 is 13.9 Å². The predicted octanol–water partition coefficient (Wildman–Crippen LogP) is 3.93. The van der Waals surface area contributed by atoms with Crippen molar-refractivity contribution in [3.8, 4) is 22.6 Å². The number of hydrogen-bond donors (Lipinski definition) is 0. The second-order valence-corrected chi connectivity index (χ2v) is 4.53. The van der Waals surface area contributed by atoms with Crippen molar-refractivity contribution in [1.29, 1.82) is 0 Å². The molecule has 0 unspecified atom stereocenters. The molecule has 0 fully saturated rings. The topological polar surface area (TPSA) is 48.7 Å². The number of furan rings is 1. The van der Waals surface area contributed by atoms with Crippen LogP contribution in [0, 0.1) is 0 Å². The van der Waals surface area contributed by atoms with Gasteiger partial charge in [-0.25, -0.2) is 0 Å². The maximum atomic E-state index is 11.4. The average molecular weight is 282 g/mol. The van der Waals surface area contributed by atoms with Gasteiger partial charge >= 0.3 is 0 Å². The van der Waals surface area contributed by atoms with E-state index in [0.717, 1.165) is 22.8 Å². The molecule has 106 valence electrons. The Morgan fingerprint density at radius 1 is 1.05 bits per heavy atom. The molecule has 4 nitrogen and oxygen atoms in total. The number of rotatable bonds is 4. The van der Waals surface area contributed by atoms with Crippen molar-refractivity contribution in [2.24, 2.45) is 0 Å². The van der Waals surface area contributed by atoms with E-state index in [1.165, 1.54) is 7.11 Å². The normalized spacial score (nSPS) is 10.6. The third-order valence-electron chi connectivity index (χ3n) is 3.45. The van der Waals surface area contributed by atoms with E-state index < -0.39 is 0 Å². The van der Waals surface area contributed by atoms with Crippen LogP contribution in [0.25, 0.3) is 22.1 Å². The summed E-state index contributed by atoms with van der Waals surface area (Å²) < 4.78 is 16.3. The van der Waals surface area contributed by atoms with Crippen molar-refractivity contribution >= 4 is 17.3 Å². The lowest BCUT2D eigenvalue weighted by Gasteiger charge is -2.09. The van der Waals surface area contributed by atoms with Crippen molar-refractivity contribution in [3.05, 3.63) is 48.2 Å². The molecule has 0 saturated heterocycles. The first-order valence-corrected chi connectivity index (χ1v) is 6.47. The number of ether oxygens (including phenoxy) is 2. The highest BCUT2D eigenvalue weighted by atomic mass is 16.5. The van der Waals surface area contributed by atoms with Crippen molar-refractivity contribution in [2.45, 2.75) is 0 Å². The van der Waals surface area contributed by atoms with Crippen molar-refractivity contribution in [2.75, 3.05) is 14.2 Å². The lowest BCUT2D eigenvalue weighted by Crippen LogP contribution is -1.94. The highest BCUT2D eigenvalue weighted by Gasteiger charge is 2.20. The summed E-state index contributed by atoms with van der Waals surface area (Å²) in [5, 5.41) is 0.770. The Labute approximate surface area is 121 Å². The fraction of sp³-hybridized carbons (Fsp3) is 0.118. The SMILES string of the molecule is COc1cc(OC)c2c(-c3ccccc3)coc2c1C=O. The van der Waals surface area contributed by atoms with E-state index >= 15 is 0 Å². The van der Waals surface area contributed by atoms with Crippen molar-refractivity contribution in [3.63, 3.8) is 0 Å². The van der Waals surface area contributed by atoms with E-state index in [1.54, 1.807) is 19.4 Å². The van der Waals surface area contributed by atoms with Crippen LogP contribution in [0.15, 0.2) is 47.1 Å². The molecule has 3 aromatic rings. The molecular formula is C17H14O4. The molecule has 2 aromatic carbocycles.